The lowest BCUT2D eigenvalue weighted by molar-refractivity contribution is -0.117. The maximum atomic E-state index is 13.0. The molecule has 3 heterocycles. The zero-order valence-corrected chi connectivity index (χ0v) is 16.3. The number of anilines is 2. The third-order valence-electron chi connectivity index (χ3n) is 4.53. The van der Waals surface area contributed by atoms with Crippen LogP contribution in [0, 0.1) is 0 Å². The Labute approximate surface area is 165 Å². The standard InChI is InChI=1S/C19H19N5O3S/c1-12-10-16(25)20-13-6-3-4-7-14(13)24(12)17(26)11-28-19-22-21-18(23(19)2)15-8-5-9-27-15/h3-9,12H,10-11H2,1-2H3,(H,20,25)/t12-/m0/s1. The molecule has 0 spiro atoms. The molecular weight excluding hydrogens is 378 g/mol. The SMILES string of the molecule is C[C@H]1CC(=O)Nc2ccccc2N1C(=O)CSc1nnc(-c2ccco2)n1C. The third-order valence-corrected chi connectivity index (χ3v) is 5.53. The number of nitrogens with zero attached hydrogens (tertiary/aromatic N) is 4. The minimum atomic E-state index is -0.241. The van der Waals surface area contributed by atoms with E-state index in [1.165, 1.54) is 11.8 Å². The van der Waals surface area contributed by atoms with Crippen molar-refractivity contribution >= 4 is 35.0 Å². The van der Waals surface area contributed by atoms with E-state index in [1.807, 2.05) is 38.2 Å². The minimum absolute atomic E-state index is 0.0935. The van der Waals surface area contributed by atoms with Crippen molar-refractivity contribution in [2.24, 2.45) is 7.05 Å². The van der Waals surface area contributed by atoms with Gasteiger partial charge in [-0.15, -0.1) is 10.2 Å². The number of carbonyl (C=O) groups is 2. The lowest BCUT2D eigenvalue weighted by atomic mass is 10.2. The minimum Gasteiger partial charge on any atom is -0.461 e. The van der Waals surface area contributed by atoms with Gasteiger partial charge in [0.05, 0.1) is 23.4 Å². The third kappa shape index (κ3) is 3.40. The van der Waals surface area contributed by atoms with Crippen LogP contribution in [-0.2, 0) is 16.6 Å². The van der Waals surface area contributed by atoms with Crippen LogP contribution in [0.15, 0.2) is 52.2 Å². The van der Waals surface area contributed by atoms with Crippen molar-refractivity contribution in [2.45, 2.75) is 24.5 Å². The Hall–Kier alpha value is -3.07. The topological polar surface area (TPSA) is 93.3 Å². The molecule has 144 valence electrons. The molecule has 8 nitrogen and oxygen atoms in total. The molecule has 1 aliphatic heterocycles. The number of furan rings is 1. The van der Waals surface area contributed by atoms with Crippen molar-refractivity contribution in [1.82, 2.24) is 14.8 Å². The van der Waals surface area contributed by atoms with Crippen LogP contribution in [0.2, 0.25) is 0 Å². The number of hydrogen-bond acceptors (Lipinski definition) is 6. The van der Waals surface area contributed by atoms with Crippen LogP contribution in [0.25, 0.3) is 11.6 Å². The molecule has 1 N–H and O–H groups in total. The van der Waals surface area contributed by atoms with E-state index in [0.29, 0.717) is 28.1 Å². The largest absolute Gasteiger partial charge is 0.461 e. The van der Waals surface area contributed by atoms with E-state index in [0.717, 1.165) is 0 Å². The van der Waals surface area contributed by atoms with Crippen molar-refractivity contribution in [3.05, 3.63) is 42.7 Å². The zero-order chi connectivity index (χ0) is 19.7. The molecule has 2 aromatic heterocycles. The number of benzene rings is 1. The second kappa shape index (κ2) is 7.51. The lowest BCUT2D eigenvalue weighted by Gasteiger charge is -2.27. The van der Waals surface area contributed by atoms with Crippen LogP contribution in [0.3, 0.4) is 0 Å². The van der Waals surface area contributed by atoms with E-state index in [4.69, 9.17) is 4.42 Å². The Morgan fingerprint density at radius 1 is 1.29 bits per heavy atom. The van der Waals surface area contributed by atoms with E-state index >= 15 is 0 Å². The first-order valence-electron chi connectivity index (χ1n) is 8.81. The summed E-state index contributed by atoms with van der Waals surface area (Å²) in [6.07, 6.45) is 1.82. The van der Waals surface area contributed by atoms with Crippen LogP contribution >= 0.6 is 11.8 Å². The molecule has 0 bridgehead atoms. The highest BCUT2D eigenvalue weighted by Gasteiger charge is 2.29. The number of para-hydroxylation sites is 2. The zero-order valence-electron chi connectivity index (χ0n) is 15.5. The van der Waals surface area contributed by atoms with E-state index in [1.54, 1.807) is 27.9 Å². The van der Waals surface area contributed by atoms with Crippen LogP contribution in [0.4, 0.5) is 11.4 Å². The fraction of sp³-hybridized carbons (Fsp3) is 0.263. The molecule has 0 saturated carbocycles. The molecule has 9 heteroatoms. The highest BCUT2D eigenvalue weighted by atomic mass is 32.2. The first-order chi connectivity index (χ1) is 13.5. The van der Waals surface area contributed by atoms with Gasteiger partial charge >= 0.3 is 0 Å². The normalized spacial score (nSPS) is 16.4. The summed E-state index contributed by atoms with van der Waals surface area (Å²) in [6.45, 7) is 1.88. The van der Waals surface area contributed by atoms with Gasteiger partial charge in [0.1, 0.15) is 0 Å². The van der Waals surface area contributed by atoms with Gasteiger partial charge in [0.15, 0.2) is 16.7 Å². The van der Waals surface area contributed by atoms with Gasteiger partial charge < -0.3 is 19.2 Å². The summed E-state index contributed by atoms with van der Waals surface area (Å²) in [7, 11) is 1.83. The van der Waals surface area contributed by atoms with Crippen molar-refractivity contribution in [2.75, 3.05) is 16.0 Å². The fourth-order valence-electron chi connectivity index (χ4n) is 3.22. The van der Waals surface area contributed by atoms with Crippen LogP contribution in [0.1, 0.15) is 13.3 Å². The summed E-state index contributed by atoms with van der Waals surface area (Å²) in [5, 5.41) is 11.8. The van der Waals surface area contributed by atoms with Crippen molar-refractivity contribution in [3.8, 4) is 11.6 Å². The Morgan fingerprint density at radius 3 is 2.89 bits per heavy atom. The number of nitrogens with one attached hydrogen (secondary N) is 1. The van der Waals surface area contributed by atoms with Gasteiger partial charge in [0, 0.05) is 19.5 Å². The number of fused-ring (bicyclic) bond motifs is 1. The lowest BCUT2D eigenvalue weighted by Crippen LogP contribution is -2.40. The predicted molar refractivity (Wildman–Crippen MR) is 106 cm³/mol. The summed E-state index contributed by atoms with van der Waals surface area (Å²) < 4.78 is 7.16. The summed E-state index contributed by atoms with van der Waals surface area (Å²) in [5.41, 5.74) is 1.36. The molecule has 2 amide bonds. The van der Waals surface area contributed by atoms with E-state index < -0.39 is 0 Å². The summed E-state index contributed by atoms with van der Waals surface area (Å²) >= 11 is 1.30. The number of carbonyl (C=O) groups excluding carboxylic acids is 2. The number of hydrogen-bond donors (Lipinski definition) is 1. The molecule has 1 aliphatic rings. The fourth-order valence-corrected chi connectivity index (χ4v) is 3.99. The van der Waals surface area contributed by atoms with Gasteiger partial charge in [-0.1, -0.05) is 23.9 Å². The summed E-state index contributed by atoms with van der Waals surface area (Å²) in [5.74, 6) is 1.20. The maximum absolute atomic E-state index is 13.0. The van der Waals surface area contributed by atoms with Gasteiger partial charge in [-0.25, -0.2) is 0 Å². The number of aromatic nitrogens is 3. The van der Waals surface area contributed by atoms with Crippen LogP contribution < -0.4 is 10.2 Å². The van der Waals surface area contributed by atoms with Crippen LogP contribution in [-0.4, -0.2) is 38.4 Å². The first-order valence-corrected chi connectivity index (χ1v) is 9.80. The van der Waals surface area contributed by atoms with Crippen molar-refractivity contribution < 1.29 is 14.0 Å². The first kappa shape index (κ1) is 18.3. The van der Waals surface area contributed by atoms with Gasteiger partial charge in [0.25, 0.3) is 0 Å². The van der Waals surface area contributed by atoms with Crippen molar-refractivity contribution in [3.63, 3.8) is 0 Å². The number of amides is 2. The molecular formula is C19H19N5O3S. The molecule has 4 rings (SSSR count). The number of thioether (sulfide) groups is 1. The highest BCUT2D eigenvalue weighted by molar-refractivity contribution is 7.99. The molecule has 0 radical (unpaired) electrons. The predicted octanol–water partition coefficient (Wildman–Crippen LogP) is 2.93. The highest BCUT2D eigenvalue weighted by Crippen LogP contribution is 2.32. The summed E-state index contributed by atoms with van der Waals surface area (Å²) in [4.78, 5) is 26.8. The molecule has 3 aromatic rings. The molecule has 28 heavy (non-hydrogen) atoms. The Bertz CT molecular complexity index is 1010. The average Bonchev–Trinajstić information content (AvgIpc) is 3.28. The van der Waals surface area contributed by atoms with Gasteiger partial charge in [0.2, 0.25) is 11.8 Å². The summed E-state index contributed by atoms with van der Waals surface area (Å²) in [6, 6.07) is 10.7. The van der Waals surface area contributed by atoms with Crippen molar-refractivity contribution in [1.29, 1.82) is 0 Å². The van der Waals surface area contributed by atoms with Gasteiger partial charge in [-0.05, 0) is 31.2 Å². The molecule has 1 aromatic carbocycles. The Morgan fingerprint density at radius 2 is 2.11 bits per heavy atom. The van der Waals surface area contributed by atoms with Gasteiger partial charge in [-0.2, -0.15) is 0 Å². The smallest absolute Gasteiger partial charge is 0.237 e. The Kier molecular flexibility index (Phi) is 4.91. The molecule has 0 fully saturated rings. The number of rotatable bonds is 4. The molecule has 1 atom stereocenters. The monoisotopic (exact) mass is 397 g/mol. The quantitative estimate of drug-likeness (QED) is 0.681. The van der Waals surface area contributed by atoms with Gasteiger partial charge in [-0.3, -0.25) is 9.59 Å². The molecule has 0 unspecified atom stereocenters. The molecule has 0 aliphatic carbocycles. The van der Waals surface area contributed by atoms with E-state index in [2.05, 4.69) is 15.5 Å². The van der Waals surface area contributed by atoms with E-state index in [9.17, 15) is 9.59 Å². The maximum Gasteiger partial charge on any atom is 0.237 e. The Balaban J connectivity index is 1.53. The van der Waals surface area contributed by atoms with E-state index in [-0.39, 0.29) is 30.0 Å². The second-order valence-electron chi connectivity index (χ2n) is 6.51. The molecule has 0 saturated heterocycles. The van der Waals surface area contributed by atoms with Crippen LogP contribution in [0.5, 0.6) is 0 Å². The second-order valence-corrected chi connectivity index (χ2v) is 7.46. The average molecular weight is 397 g/mol.